The lowest BCUT2D eigenvalue weighted by Gasteiger charge is -2.26. The monoisotopic (exact) mass is 398 g/mol. The van der Waals surface area contributed by atoms with Gasteiger partial charge in [0, 0.05) is 26.3 Å². The molecule has 5 aromatic rings. The number of likely N-dealkylation sites (tertiary alicyclic amines) is 1. The molecule has 2 aromatic carbocycles. The first-order chi connectivity index (χ1) is 14.8. The highest BCUT2D eigenvalue weighted by molar-refractivity contribution is 5.83. The number of fused-ring (bicyclic) bond motifs is 4. The number of hydrogen-bond donors (Lipinski definition) is 0. The van der Waals surface area contributed by atoms with Crippen LogP contribution in [0.2, 0.25) is 0 Å². The minimum Gasteiger partial charge on any atom is -0.326 e. The highest BCUT2D eigenvalue weighted by Crippen LogP contribution is 2.27. The number of hydrogen-bond acceptors (Lipinski definition) is 3. The Morgan fingerprint density at radius 2 is 1.53 bits per heavy atom. The summed E-state index contributed by atoms with van der Waals surface area (Å²) in [4.78, 5) is 12.5. The van der Waals surface area contributed by atoms with Crippen molar-refractivity contribution in [1.29, 1.82) is 0 Å². The number of rotatable bonds is 4. The lowest BCUT2D eigenvalue weighted by molar-refractivity contribution is 0.222. The molecule has 0 unspecified atom stereocenters. The fourth-order valence-electron chi connectivity index (χ4n) is 4.87. The van der Waals surface area contributed by atoms with Crippen LogP contribution in [0.1, 0.15) is 19.3 Å². The lowest BCUT2D eigenvalue weighted by atomic mass is 10.1. The molecule has 0 spiro atoms. The number of benzene rings is 2. The summed E-state index contributed by atoms with van der Waals surface area (Å²) in [6.45, 7) is 4.46. The first kappa shape index (κ1) is 17.7. The average molecular weight is 399 g/mol. The summed E-state index contributed by atoms with van der Waals surface area (Å²) in [5.74, 6) is 1.90. The van der Waals surface area contributed by atoms with Crippen molar-refractivity contribution in [2.45, 2.75) is 25.8 Å². The molecule has 1 aliphatic rings. The van der Waals surface area contributed by atoms with Crippen LogP contribution in [0.4, 0.5) is 0 Å². The molecule has 4 heterocycles. The molecule has 3 aromatic heterocycles. The third kappa shape index (κ3) is 2.75. The quantitative estimate of drug-likeness (QED) is 0.453. The topological polar surface area (TPSA) is 43.3 Å². The zero-order valence-corrected chi connectivity index (χ0v) is 17.3. The van der Waals surface area contributed by atoms with Gasteiger partial charge in [-0.3, -0.25) is 4.40 Å². The van der Waals surface area contributed by atoms with E-state index >= 15 is 0 Å². The number of aryl methyl sites for hydroxylation is 1. The molecule has 0 amide bonds. The van der Waals surface area contributed by atoms with E-state index in [2.05, 4.69) is 74.1 Å². The zero-order chi connectivity index (χ0) is 20.1. The smallest absolute Gasteiger partial charge is 0.215 e. The molecule has 152 valence electrons. The summed E-state index contributed by atoms with van der Waals surface area (Å²) in [5, 5.41) is 0. The number of aromatic nitrogens is 5. The summed E-state index contributed by atoms with van der Waals surface area (Å²) in [5.41, 5.74) is 5.49. The SMILES string of the molecule is Cn1c(-c2cn3c4ccccc4n(CCN4CCCCC4)c3n2)nc2ccccc21. The van der Waals surface area contributed by atoms with Gasteiger partial charge in [-0.1, -0.05) is 30.7 Å². The molecule has 0 N–H and O–H groups in total. The van der Waals surface area contributed by atoms with E-state index in [4.69, 9.17) is 9.97 Å². The van der Waals surface area contributed by atoms with Gasteiger partial charge in [-0.2, -0.15) is 0 Å². The van der Waals surface area contributed by atoms with Gasteiger partial charge in [-0.15, -0.1) is 0 Å². The molecule has 6 heteroatoms. The van der Waals surface area contributed by atoms with Crippen molar-refractivity contribution in [3.63, 3.8) is 0 Å². The van der Waals surface area contributed by atoms with E-state index in [0.29, 0.717) is 0 Å². The molecule has 1 saturated heterocycles. The van der Waals surface area contributed by atoms with Crippen LogP contribution < -0.4 is 0 Å². The number of imidazole rings is 3. The van der Waals surface area contributed by atoms with E-state index < -0.39 is 0 Å². The molecule has 0 bridgehead atoms. The molecule has 6 nitrogen and oxygen atoms in total. The van der Waals surface area contributed by atoms with Gasteiger partial charge < -0.3 is 14.0 Å². The van der Waals surface area contributed by atoms with Crippen LogP contribution in [-0.4, -0.2) is 48.0 Å². The van der Waals surface area contributed by atoms with Gasteiger partial charge in [0.15, 0.2) is 5.82 Å². The predicted molar refractivity (Wildman–Crippen MR) is 121 cm³/mol. The van der Waals surface area contributed by atoms with Crippen molar-refractivity contribution in [1.82, 2.24) is 28.4 Å². The fourth-order valence-corrected chi connectivity index (χ4v) is 4.87. The van der Waals surface area contributed by atoms with Gasteiger partial charge in [-0.05, 0) is 50.2 Å². The Balaban J connectivity index is 1.46. The zero-order valence-electron chi connectivity index (χ0n) is 17.3. The summed E-state index contributed by atoms with van der Waals surface area (Å²) >= 11 is 0. The summed E-state index contributed by atoms with van der Waals surface area (Å²) < 4.78 is 6.73. The molecule has 0 radical (unpaired) electrons. The van der Waals surface area contributed by atoms with Crippen molar-refractivity contribution in [2.24, 2.45) is 7.05 Å². The lowest BCUT2D eigenvalue weighted by Crippen LogP contribution is -2.32. The maximum atomic E-state index is 5.06. The van der Waals surface area contributed by atoms with Crippen molar-refractivity contribution < 1.29 is 0 Å². The van der Waals surface area contributed by atoms with Crippen LogP contribution in [0.25, 0.3) is 39.4 Å². The van der Waals surface area contributed by atoms with Crippen LogP contribution in [0.15, 0.2) is 54.7 Å². The molecule has 30 heavy (non-hydrogen) atoms. The van der Waals surface area contributed by atoms with Crippen molar-refractivity contribution in [2.75, 3.05) is 19.6 Å². The normalized spacial score (nSPS) is 15.6. The first-order valence-electron chi connectivity index (χ1n) is 10.9. The fraction of sp³-hybridized carbons (Fsp3) is 0.333. The van der Waals surface area contributed by atoms with E-state index in [1.807, 2.05) is 6.07 Å². The highest BCUT2D eigenvalue weighted by Gasteiger charge is 2.19. The van der Waals surface area contributed by atoms with Crippen molar-refractivity contribution in [3.05, 3.63) is 54.7 Å². The number of nitrogens with zero attached hydrogens (tertiary/aromatic N) is 6. The van der Waals surface area contributed by atoms with Gasteiger partial charge in [0.2, 0.25) is 5.78 Å². The van der Waals surface area contributed by atoms with Crippen LogP contribution >= 0.6 is 0 Å². The van der Waals surface area contributed by atoms with Crippen molar-refractivity contribution in [3.8, 4) is 11.5 Å². The minimum atomic E-state index is 0.909. The Morgan fingerprint density at radius 3 is 2.33 bits per heavy atom. The largest absolute Gasteiger partial charge is 0.326 e. The van der Waals surface area contributed by atoms with E-state index in [1.165, 1.54) is 43.4 Å². The molecule has 0 saturated carbocycles. The van der Waals surface area contributed by atoms with E-state index in [-0.39, 0.29) is 0 Å². The molecule has 1 aliphatic heterocycles. The maximum Gasteiger partial charge on any atom is 0.215 e. The molecule has 6 rings (SSSR count). The molecular weight excluding hydrogens is 372 g/mol. The molecule has 0 atom stereocenters. The molecular formula is C24H26N6. The second-order valence-electron chi connectivity index (χ2n) is 8.32. The summed E-state index contributed by atoms with van der Waals surface area (Å²) in [7, 11) is 2.07. The second kappa shape index (κ2) is 6.99. The Kier molecular flexibility index (Phi) is 4.13. The van der Waals surface area contributed by atoms with Crippen molar-refractivity contribution >= 4 is 27.8 Å². The van der Waals surface area contributed by atoms with Gasteiger partial charge in [0.05, 0.1) is 22.1 Å². The van der Waals surface area contributed by atoms with Crippen LogP contribution in [-0.2, 0) is 13.6 Å². The van der Waals surface area contributed by atoms with Crippen LogP contribution in [0, 0.1) is 0 Å². The molecule has 0 aliphatic carbocycles. The highest BCUT2D eigenvalue weighted by atomic mass is 15.2. The second-order valence-corrected chi connectivity index (χ2v) is 8.32. The standard InChI is InChI=1S/C24H26N6/c1-27-20-10-4-3-9-18(20)25-23(27)19-17-30-22-12-6-5-11-21(22)29(24(30)26-19)16-15-28-13-7-2-8-14-28/h3-6,9-12,17H,2,7-8,13-16H2,1H3. The Morgan fingerprint density at radius 1 is 0.800 bits per heavy atom. The van der Waals surface area contributed by atoms with E-state index in [9.17, 15) is 0 Å². The minimum absolute atomic E-state index is 0.909. The molecule has 1 fully saturated rings. The van der Waals surface area contributed by atoms with Gasteiger partial charge in [0.1, 0.15) is 5.69 Å². The third-order valence-corrected chi connectivity index (χ3v) is 6.47. The third-order valence-electron chi connectivity index (χ3n) is 6.47. The van der Waals surface area contributed by atoms with E-state index in [1.54, 1.807) is 0 Å². The van der Waals surface area contributed by atoms with Crippen LogP contribution in [0.5, 0.6) is 0 Å². The summed E-state index contributed by atoms with van der Waals surface area (Å²) in [6, 6.07) is 16.9. The maximum absolute atomic E-state index is 5.06. The van der Waals surface area contributed by atoms with E-state index in [0.717, 1.165) is 41.4 Å². The first-order valence-corrected chi connectivity index (χ1v) is 10.9. The average Bonchev–Trinajstić information content (AvgIpc) is 3.44. The Bertz CT molecular complexity index is 1350. The summed E-state index contributed by atoms with van der Waals surface area (Å²) in [6.07, 6.45) is 6.15. The number of para-hydroxylation sites is 4. The Hall–Kier alpha value is -3.12. The Labute approximate surface area is 175 Å². The van der Waals surface area contributed by atoms with Crippen LogP contribution in [0.3, 0.4) is 0 Å². The van der Waals surface area contributed by atoms with Gasteiger partial charge in [0.25, 0.3) is 0 Å². The predicted octanol–water partition coefficient (Wildman–Crippen LogP) is 4.33. The number of piperidine rings is 1. The van der Waals surface area contributed by atoms with Gasteiger partial charge >= 0.3 is 0 Å². The van der Waals surface area contributed by atoms with Gasteiger partial charge in [-0.25, -0.2) is 9.97 Å².